The van der Waals surface area contributed by atoms with Crippen molar-refractivity contribution in [3.63, 3.8) is 0 Å². The minimum Gasteiger partial charge on any atom is -0.335 e. The van der Waals surface area contributed by atoms with E-state index >= 15 is 0 Å². The fourth-order valence-electron chi connectivity index (χ4n) is 2.90. The molecule has 4 rings (SSSR count). The van der Waals surface area contributed by atoms with Crippen LogP contribution in [0.1, 0.15) is 5.56 Å². The highest BCUT2D eigenvalue weighted by Gasteiger charge is 2.11. The van der Waals surface area contributed by atoms with Crippen LogP contribution >= 0.6 is 23.2 Å². The highest BCUT2D eigenvalue weighted by Crippen LogP contribution is 2.30. The molecule has 0 aliphatic carbocycles. The quantitative estimate of drug-likeness (QED) is 0.472. The summed E-state index contributed by atoms with van der Waals surface area (Å²) in [6.07, 6.45) is 3.72. The topological polar surface area (TPSA) is 17.8 Å². The molecule has 2 heterocycles. The summed E-state index contributed by atoms with van der Waals surface area (Å²) in [5.41, 5.74) is 3.27. The van der Waals surface area contributed by atoms with Gasteiger partial charge in [0.1, 0.15) is 0 Å². The van der Waals surface area contributed by atoms with Crippen molar-refractivity contribution in [2.24, 2.45) is 0 Å². The maximum Gasteiger partial charge on any atom is 0.0680 e. The SMILES string of the molecule is Clc1ccc(Cl)c(Cn2c3ccccc3c3ccncc32)c1. The van der Waals surface area contributed by atoms with Gasteiger partial charge in [0.15, 0.2) is 0 Å². The molecular formula is C18H12Cl2N2. The van der Waals surface area contributed by atoms with Gasteiger partial charge in [-0.25, -0.2) is 0 Å². The van der Waals surface area contributed by atoms with Crippen LogP contribution in [-0.2, 0) is 6.54 Å². The summed E-state index contributed by atoms with van der Waals surface area (Å²) in [6.45, 7) is 0.662. The van der Waals surface area contributed by atoms with E-state index in [0.29, 0.717) is 11.6 Å². The predicted molar refractivity (Wildman–Crippen MR) is 92.8 cm³/mol. The third-order valence-electron chi connectivity index (χ3n) is 3.91. The molecule has 2 nitrogen and oxygen atoms in total. The van der Waals surface area contributed by atoms with E-state index < -0.39 is 0 Å². The van der Waals surface area contributed by atoms with Crippen molar-refractivity contribution in [3.8, 4) is 0 Å². The lowest BCUT2D eigenvalue weighted by Crippen LogP contribution is -2.00. The van der Waals surface area contributed by atoms with E-state index in [1.54, 1.807) is 6.07 Å². The van der Waals surface area contributed by atoms with E-state index in [0.717, 1.165) is 16.1 Å². The van der Waals surface area contributed by atoms with Crippen LogP contribution in [0.2, 0.25) is 10.0 Å². The molecule has 2 aromatic heterocycles. The molecule has 0 N–H and O–H groups in total. The number of rotatable bonds is 2. The Hall–Kier alpha value is -2.03. The van der Waals surface area contributed by atoms with Gasteiger partial charge in [0.2, 0.25) is 0 Å². The standard InChI is InChI=1S/C18H12Cl2N2/c19-13-5-6-16(20)12(9-13)11-22-17-4-2-1-3-14(17)15-7-8-21-10-18(15)22/h1-10H,11H2. The second-order valence-electron chi connectivity index (χ2n) is 5.23. The van der Waals surface area contributed by atoms with Gasteiger partial charge >= 0.3 is 0 Å². The molecule has 0 unspecified atom stereocenters. The Labute approximate surface area is 137 Å². The molecule has 108 valence electrons. The zero-order valence-corrected chi connectivity index (χ0v) is 13.1. The fraction of sp³-hybridized carbons (Fsp3) is 0.0556. The average Bonchev–Trinajstić information content (AvgIpc) is 2.86. The zero-order valence-electron chi connectivity index (χ0n) is 11.6. The Morgan fingerprint density at radius 1 is 0.909 bits per heavy atom. The number of halogens is 2. The van der Waals surface area contributed by atoms with Crippen LogP contribution in [0.3, 0.4) is 0 Å². The van der Waals surface area contributed by atoms with Gasteiger partial charge in [-0.1, -0.05) is 41.4 Å². The summed E-state index contributed by atoms with van der Waals surface area (Å²) in [4.78, 5) is 4.27. The number of aromatic nitrogens is 2. The number of hydrogen-bond donors (Lipinski definition) is 0. The molecule has 2 aromatic carbocycles. The van der Waals surface area contributed by atoms with E-state index in [1.807, 2.05) is 36.7 Å². The van der Waals surface area contributed by atoms with Crippen molar-refractivity contribution < 1.29 is 0 Å². The van der Waals surface area contributed by atoms with Gasteiger partial charge in [-0.15, -0.1) is 0 Å². The third-order valence-corrected chi connectivity index (χ3v) is 4.52. The van der Waals surface area contributed by atoms with E-state index in [4.69, 9.17) is 23.2 Å². The molecule has 22 heavy (non-hydrogen) atoms. The normalized spacial score (nSPS) is 11.4. The monoisotopic (exact) mass is 326 g/mol. The lowest BCUT2D eigenvalue weighted by molar-refractivity contribution is 0.867. The Kier molecular flexibility index (Phi) is 3.29. The largest absolute Gasteiger partial charge is 0.335 e. The predicted octanol–water partition coefficient (Wildman–Crippen LogP) is 5.54. The lowest BCUT2D eigenvalue weighted by atomic mass is 10.2. The molecular weight excluding hydrogens is 315 g/mol. The molecule has 4 aromatic rings. The molecule has 0 amide bonds. The van der Waals surface area contributed by atoms with Crippen molar-refractivity contribution in [1.82, 2.24) is 9.55 Å². The summed E-state index contributed by atoms with van der Waals surface area (Å²) in [7, 11) is 0. The maximum atomic E-state index is 6.33. The number of pyridine rings is 1. The van der Waals surface area contributed by atoms with E-state index in [2.05, 4.69) is 27.8 Å². The highest BCUT2D eigenvalue weighted by molar-refractivity contribution is 6.33. The minimum atomic E-state index is 0.662. The van der Waals surface area contributed by atoms with Gasteiger partial charge in [0.05, 0.1) is 11.7 Å². The van der Waals surface area contributed by atoms with Crippen LogP contribution < -0.4 is 0 Å². The Morgan fingerprint density at radius 2 is 1.73 bits per heavy atom. The summed E-state index contributed by atoms with van der Waals surface area (Å²) in [5, 5.41) is 3.83. The molecule has 0 spiro atoms. The third kappa shape index (κ3) is 2.16. The van der Waals surface area contributed by atoms with Crippen LogP contribution in [0.15, 0.2) is 60.9 Å². The van der Waals surface area contributed by atoms with Crippen LogP contribution in [0, 0.1) is 0 Å². The number of hydrogen-bond acceptors (Lipinski definition) is 1. The van der Waals surface area contributed by atoms with E-state index in [1.165, 1.54) is 16.3 Å². The van der Waals surface area contributed by atoms with E-state index in [-0.39, 0.29) is 0 Å². The lowest BCUT2D eigenvalue weighted by Gasteiger charge is -2.09. The molecule has 0 aliphatic rings. The van der Waals surface area contributed by atoms with Crippen molar-refractivity contribution in [2.75, 3.05) is 0 Å². The summed E-state index contributed by atoms with van der Waals surface area (Å²) < 4.78 is 2.23. The summed E-state index contributed by atoms with van der Waals surface area (Å²) in [5.74, 6) is 0. The van der Waals surface area contributed by atoms with E-state index in [9.17, 15) is 0 Å². The molecule has 0 fully saturated rings. The van der Waals surface area contributed by atoms with Crippen LogP contribution in [-0.4, -0.2) is 9.55 Å². The van der Waals surface area contributed by atoms with Crippen LogP contribution in [0.4, 0.5) is 0 Å². The van der Waals surface area contributed by atoms with Crippen molar-refractivity contribution in [3.05, 3.63) is 76.5 Å². The maximum absolute atomic E-state index is 6.33. The Balaban J connectivity index is 1.98. The summed E-state index contributed by atoms with van der Waals surface area (Å²) in [6, 6.07) is 16.0. The molecule has 0 saturated heterocycles. The van der Waals surface area contributed by atoms with Gasteiger partial charge in [0, 0.05) is 39.1 Å². The van der Waals surface area contributed by atoms with Gasteiger partial charge in [0.25, 0.3) is 0 Å². The van der Waals surface area contributed by atoms with Gasteiger partial charge in [-0.05, 0) is 35.9 Å². The molecule has 4 heteroatoms. The second kappa shape index (κ2) is 5.31. The van der Waals surface area contributed by atoms with Crippen molar-refractivity contribution >= 4 is 45.0 Å². The second-order valence-corrected chi connectivity index (χ2v) is 6.08. The fourth-order valence-corrected chi connectivity index (χ4v) is 3.27. The van der Waals surface area contributed by atoms with Gasteiger partial charge in [-0.3, -0.25) is 4.98 Å². The van der Waals surface area contributed by atoms with Crippen LogP contribution in [0.25, 0.3) is 21.8 Å². The number of benzene rings is 2. The average molecular weight is 327 g/mol. The van der Waals surface area contributed by atoms with Crippen molar-refractivity contribution in [1.29, 1.82) is 0 Å². The summed E-state index contributed by atoms with van der Waals surface area (Å²) >= 11 is 12.4. The first kappa shape index (κ1) is 13.6. The molecule has 0 aliphatic heterocycles. The van der Waals surface area contributed by atoms with Crippen molar-refractivity contribution in [2.45, 2.75) is 6.54 Å². The molecule has 0 radical (unpaired) electrons. The molecule has 0 saturated carbocycles. The molecule has 0 bridgehead atoms. The number of fused-ring (bicyclic) bond motifs is 3. The number of nitrogens with zero attached hydrogens (tertiary/aromatic N) is 2. The Morgan fingerprint density at radius 3 is 2.64 bits per heavy atom. The Bertz CT molecular complexity index is 936. The minimum absolute atomic E-state index is 0.662. The number of para-hydroxylation sites is 1. The zero-order chi connectivity index (χ0) is 15.1. The highest BCUT2D eigenvalue weighted by atomic mass is 35.5. The van der Waals surface area contributed by atoms with Gasteiger partial charge in [-0.2, -0.15) is 0 Å². The first-order valence-corrected chi connectivity index (χ1v) is 7.74. The van der Waals surface area contributed by atoms with Crippen LogP contribution in [0.5, 0.6) is 0 Å². The first-order chi connectivity index (χ1) is 10.7. The smallest absolute Gasteiger partial charge is 0.0680 e. The first-order valence-electron chi connectivity index (χ1n) is 6.99. The molecule has 0 atom stereocenters. The van der Waals surface area contributed by atoms with Gasteiger partial charge < -0.3 is 4.57 Å².